The van der Waals surface area contributed by atoms with Crippen molar-refractivity contribution in [3.8, 4) is 0 Å². The van der Waals surface area contributed by atoms with Crippen LogP contribution in [0.1, 0.15) is 28.8 Å². The summed E-state index contributed by atoms with van der Waals surface area (Å²) in [5.74, 6) is -0.348. The summed E-state index contributed by atoms with van der Waals surface area (Å²) in [6.07, 6.45) is 1.82. The van der Waals surface area contributed by atoms with Crippen LogP contribution in [0.4, 0.5) is 11.4 Å². The normalized spacial score (nSPS) is 16.0. The quantitative estimate of drug-likeness (QED) is 0.540. The third-order valence-electron chi connectivity index (χ3n) is 4.89. The Balaban J connectivity index is 1.86. The minimum Gasteiger partial charge on any atom is -0.378 e. The molecule has 1 aliphatic heterocycles. The summed E-state index contributed by atoms with van der Waals surface area (Å²) in [6, 6.07) is 14.0. The van der Waals surface area contributed by atoms with E-state index in [1.54, 1.807) is 17.0 Å². The first kappa shape index (κ1) is 19.8. The number of hydrogen-bond acceptors (Lipinski definition) is 5. The van der Waals surface area contributed by atoms with E-state index in [1.807, 2.05) is 43.3 Å². The fraction of sp³-hybridized carbons (Fsp3) is 0.381. The molecule has 1 heterocycles. The highest BCUT2D eigenvalue weighted by Gasteiger charge is 2.27. The Morgan fingerprint density at radius 3 is 2.50 bits per heavy atom. The number of hydrogen-bond donors (Lipinski definition) is 0. The lowest BCUT2D eigenvalue weighted by atomic mass is 10.1. The average molecular weight is 383 g/mol. The number of carbonyl (C=O) groups is 1. The van der Waals surface area contributed by atoms with E-state index in [4.69, 9.17) is 4.74 Å². The van der Waals surface area contributed by atoms with Gasteiger partial charge in [-0.25, -0.2) is 0 Å². The molecule has 0 bridgehead atoms. The van der Waals surface area contributed by atoms with Gasteiger partial charge in [0.05, 0.1) is 11.0 Å². The molecule has 7 nitrogen and oxygen atoms in total. The zero-order valence-electron chi connectivity index (χ0n) is 16.2. The number of amides is 1. The van der Waals surface area contributed by atoms with E-state index in [2.05, 4.69) is 0 Å². The molecule has 1 atom stereocenters. The zero-order valence-corrected chi connectivity index (χ0v) is 16.2. The molecular weight excluding hydrogens is 358 g/mol. The summed E-state index contributed by atoms with van der Waals surface area (Å²) < 4.78 is 5.70. The van der Waals surface area contributed by atoms with Crippen LogP contribution in [0.15, 0.2) is 48.5 Å². The highest BCUT2D eigenvalue weighted by Crippen LogP contribution is 2.23. The van der Waals surface area contributed by atoms with Crippen molar-refractivity contribution >= 4 is 17.3 Å². The van der Waals surface area contributed by atoms with Gasteiger partial charge >= 0.3 is 0 Å². The Bertz CT molecular complexity index is 830. The van der Waals surface area contributed by atoms with Crippen molar-refractivity contribution in [2.24, 2.45) is 0 Å². The van der Waals surface area contributed by atoms with E-state index in [1.165, 1.54) is 12.1 Å². The van der Waals surface area contributed by atoms with E-state index in [9.17, 15) is 14.9 Å². The molecule has 7 heteroatoms. The number of ether oxygens (including phenoxy) is 1. The van der Waals surface area contributed by atoms with Crippen molar-refractivity contribution in [1.29, 1.82) is 0 Å². The maximum absolute atomic E-state index is 13.2. The van der Waals surface area contributed by atoms with Gasteiger partial charge in [-0.2, -0.15) is 0 Å². The molecule has 28 heavy (non-hydrogen) atoms. The lowest BCUT2D eigenvalue weighted by Gasteiger charge is -2.26. The number of para-hydroxylation sites is 1. The first-order chi connectivity index (χ1) is 13.5. The molecule has 0 N–H and O–H groups in total. The summed E-state index contributed by atoms with van der Waals surface area (Å²) in [6.45, 7) is 1.48. The zero-order chi connectivity index (χ0) is 20.1. The van der Waals surface area contributed by atoms with Gasteiger partial charge in [-0.1, -0.05) is 24.3 Å². The molecule has 0 aliphatic carbocycles. The van der Waals surface area contributed by atoms with Gasteiger partial charge in [0, 0.05) is 45.5 Å². The molecule has 0 radical (unpaired) electrons. The molecule has 0 saturated carbocycles. The van der Waals surface area contributed by atoms with Crippen LogP contribution in [0, 0.1) is 10.1 Å². The van der Waals surface area contributed by atoms with Crippen LogP contribution < -0.4 is 4.90 Å². The predicted molar refractivity (Wildman–Crippen MR) is 108 cm³/mol. The van der Waals surface area contributed by atoms with E-state index < -0.39 is 4.92 Å². The van der Waals surface area contributed by atoms with E-state index in [0.29, 0.717) is 19.7 Å². The second-order valence-electron chi connectivity index (χ2n) is 7.16. The van der Waals surface area contributed by atoms with Gasteiger partial charge in [-0.3, -0.25) is 14.9 Å². The summed E-state index contributed by atoms with van der Waals surface area (Å²) in [4.78, 5) is 27.7. The highest BCUT2D eigenvalue weighted by molar-refractivity contribution is 5.98. The Morgan fingerprint density at radius 2 is 1.89 bits per heavy atom. The van der Waals surface area contributed by atoms with Gasteiger partial charge in [0.2, 0.25) is 0 Å². The SMILES string of the molecule is CN(C)c1ccc(CN(CC2CCCO2)C(=O)c2ccccc2[N+](=O)[O-])cc1. The predicted octanol–water partition coefficient (Wildman–Crippen LogP) is 3.48. The standard InChI is InChI=1S/C21H25N3O4/c1-22(2)17-11-9-16(10-12-17)14-23(15-18-6-5-13-28-18)21(25)19-7-3-4-8-20(19)24(26)27/h3-4,7-12,18H,5-6,13-15H2,1-2H3. The number of nitro benzene ring substituents is 1. The number of nitrogens with zero attached hydrogens (tertiary/aromatic N) is 3. The number of anilines is 1. The Hall–Kier alpha value is -2.93. The van der Waals surface area contributed by atoms with E-state index in [0.717, 1.165) is 24.1 Å². The van der Waals surface area contributed by atoms with Gasteiger partial charge in [-0.15, -0.1) is 0 Å². The molecule has 2 aromatic carbocycles. The fourth-order valence-electron chi connectivity index (χ4n) is 3.36. The Labute approximate surface area is 164 Å². The smallest absolute Gasteiger partial charge is 0.282 e. The lowest BCUT2D eigenvalue weighted by molar-refractivity contribution is -0.385. The molecule has 0 spiro atoms. The van der Waals surface area contributed by atoms with E-state index in [-0.39, 0.29) is 23.3 Å². The molecule has 1 amide bonds. The van der Waals surface area contributed by atoms with Crippen molar-refractivity contribution in [3.63, 3.8) is 0 Å². The third-order valence-corrected chi connectivity index (χ3v) is 4.89. The largest absolute Gasteiger partial charge is 0.378 e. The molecule has 1 unspecified atom stereocenters. The highest BCUT2D eigenvalue weighted by atomic mass is 16.6. The van der Waals surface area contributed by atoms with Gasteiger partial charge in [-0.05, 0) is 36.6 Å². The molecular formula is C21H25N3O4. The number of carbonyl (C=O) groups excluding carboxylic acids is 1. The Morgan fingerprint density at radius 1 is 1.18 bits per heavy atom. The molecule has 2 aromatic rings. The van der Waals surface area contributed by atoms with Gasteiger partial charge in [0.25, 0.3) is 11.6 Å². The summed E-state index contributed by atoms with van der Waals surface area (Å²) in [5.41, 5.74) is 1.97. The topological polar surface area (TPSA) is 75.9 Å². The second kappa shape index (κ2) is 8.84. The van der Waals surface area contributed by atoms with Crippen LogP contribution in [-0.2, 0) is 11.3 Å². The molecule has 148 valence electrons. The molecule has 1 saturated heterocycles. The minimum atomic E-state index is -0.511. The van der Waals surface area contributed by atoms with Crippen LogP contribution in [0.2, 0.25) is 0 Å². The Kier molecular flexibility index (Phi) is 6.26. The van der Waals surface area contributed by atoms with Crippen LogP contribution >= 0.6 is 0 Å². The van der Waals surface area contributed by atoms with Gasteiger partial charge in [0.1, 0.15) is 5.56 Å². The first-order valence-electron chi connectivity index (χ1n) is 9.36. The van der Waals surface area contributed by atoms with Crippen molar-refractivity contribution in [2.45, 2.75) is 25.5 Å². The average Bonchev–Trinajstić information content (AvgIpc) is 3.20. The van der Waals surface area contributed by atoms with Crippen molar-refractivity contribution < 1.29 is 14.5 Å². The molecule has 3 rings (SSSR count). The molecule has 0 aromatic heterocycles. The van der Waals surface area contributed by atoms with Crippen LogP contribution in [0.5, 0.6) is 0 Å². The van der Waals surface area contributed by atoms with Crippen molar-refractivity contribution in [2.75, 3.05) is 32.1 Å². The third kappa shape index (κ3) is 4.67. The van der Waals surface area contributed by atoms with Gasteiger partial charge < -0.3 is 14.5 Å². The van der Waals surface area contributed by atoms with Crippen molar-refractivity contribution in [3.05, 3.63) is 69.8 Å². The summed E-state index contributed by atoms with van der Waals surface area (Å²) >= 11 is 0. The number of nitro groups is 1. The first-order valence-corrected chi connectivity index (χ1v) is 9.36. The van der Waals surface area contributed by atoms with Crippen LogP contribution in [0.3, 0.4) is 0 Å². The fourth-order valence-corrected chi connectivity index (χ4v) is 3.36. The summed E-state index contributed by atoms with van der Waals surface area (Å²) in [5, 5.41) is 11.4. The maximum atomic E-state index is 13.2. The molecule has 1 fully saturated rings. The monoisotopic (exact) mass is 383 g/mol. The van der Waals surface area contributed by atoms with Crippen LogP contribution in [0.25, 0.3) is 0 Å². The van der Waals surface area contributed by atoms with Crippen molar-refractivity contribution in [1.82, 2.24) is 4.90 Å². The number of rotatable bonds is 7. The second-order valence-corrected chi connectivity index (χ2v) is 7.16. The van der Waals surface area contributed by atoms with Gasteiger partial charge in [0.15, 0.2) is 0 Å². The van der Waals surface area contributed by atoms with Crippen LogP contribution in [-0.4, -0.2) is 49.1 Å². The summed E-state index contributed by atoms with van der Waals surface area (Å²) in [7, 11) is 3.94. The minimum absolute atomic E-state index is 0.0345. The number of benzene rings is 2. The maximum Gasteiger partial charge on any atom is 0.282 e. The lowest BCUT2D eigenvalue weighted by Crippen LogP contribution is -2.37. The molecule has 1 aliphatic rings. The van der Waals surface area contributed by atoms with E-state index >= 15 is 0 Å².